The first-order valence-electron chi connectivity index (χ1n) is 10.9. The maximum Gasteiger partial charge on any atom is 0.307 e. The number of hydrogen-bond acceptors (Lipinski definition) is 4. The lowest BCUT2D eigenvalue weighted by Gasteiger charge is -2.27. The number of hydrogen-bond donors (Lipinski definition) is 3. The monoisotopic (exact) mass is 402 g/mol. The number of carbonyl (C=O) groups excluding carboxylic acids is 2. The second kappa shape index (κ2) is 8.16. The highest BCUT2D eigenvalue weighted by molar-refractivity contribution is 6.03. The van der Waals surface area contributed by atoms with Crippen molar-refractivity contribution in [2.24, 2.45) is 23.7 Å². The Balaban J connectivity index is 1.50. The molecule has 3 N–H and O–H groups in total. The van der Waals surface area contributed by atoms with Crippen molar-refractivity contribution in [2.45, 2.75) is 70.9 Å². The molecule has 3 aliphatic carbocycles. The fraction of sp³-hybridized carbons (Fsp3) is 0.714. The van der Waals surface area contributed by atoms with Gasteiger partial charge in [-0.2, -0.15) is 5.10 Å². The highest BCUT2D eigenvalue weighted by Gasteiger charge is 2.54. The second-order valence-corrected chi connectivity index (χ2v) is 8.77. The van der Waals surface area contributed by atoms with Gasteiger partial charge in [0.2, 0.25) is 5.91 Å². The van der Waals surface area contributed by atoms with Crippen molar-refractivity contribution in [2.75, 3.05) is 5.32 Å². The maximum atomic E-state index is 13.0. The summed E-state index contributed by atoms with van der Waals surface area (Å²) in [5.74, 6) is -2.44. The maximum absolute atomic E-state index is 13.0. The lowest BCUT2D eigenvalue weighted by atomic mass is 9.78. The molecule has 0 unspecified atom stereocenters. The van der Waals surface area contributed by atoms with Crippen LogP contribution in [0.5, 0.6) is 0 Å². The Morgan fingerprint density at radius 3 is 2.45 bits per heavy atom. The van der Waals surface area contributed by atoms with Gasteiger partial charge in [-0.15, -0.1) is 0 Å². The highest BCUT2D eigenvalue weighted by Crippen LogP contribution is 2.52. The van der Waals surface area contributed by atoms with E-state index in [1.165, 1.54) is 6.42 Å². The number of aliphatic carboxylic acids is 1. The average Bonchev–Trinajstić information content (AvgIpc) is 3.42. The zero-order chi connectivity index (χ0) is 20.5. The van der Waals surface area contributed by atoms with Crippen molar-refractivity contribution < 1.29 is 19.5 Å². The molecule has 0 aromatic carbocycles. The van der Waals surface area contributed by atoms with Gasteiger partial charge >= 0.3 is 5.97 Å². The summed E-state index contributed by atoms with van der Waals surface area (Å²) in [6.07, 6.45) is 9.60. The molecular formula is C21H30N4O4. The third kappa shape index (κ3) is 3.89. The molecule has 0 spiro atoms. The number of carbonyl (C=O) groups is 3. The molecule has 2 amide bonds. The number of carboxylic acid groups (broad SMARTS) is 1. The quantitative estimate of drug-likeness (QED) is 0.677. The summed E-state index contributed by atoms with van der Waals surface area (Å²) in [5.41, 5.74) is 0.581. The van der Waals surface area contributed by atoms with Crippen LogP contribution in [0.1, 0.15) is 68.8 Å². The molecule has 8 heteroatoms. The predicted octanol–water partition coefficient (Wildman–Crippen LogP) is 2.65. The van der Waals surface area contributed by atoms with Crippen LogP contribution in [0.3, 0.4) is 0 Å². The lowest BCUT2D eigenvalue weighted by Crippen LogP contribution is -2.39. The van der Waals surface area contributed by atoms with Crippen molar-refractivity contribution in [1.29, 1.82) is 0 Å². The summed E-state index contributed by atoms with van der Waals surface area (Å²) in [6, 6.07) is 0.147. The minimum absolute atomic E-state index is 0.0840. The van der Waals surface area contributed by atoms with Crippen molar-refractivity contribution in [3.63, 3.8) is 0 Å². The minimum atomic E-state index is -0.892. The molecule has 0 saturated heterocycles. The number of aromatic nitrogens is 2. The number of nitrogens with zero attached hydrogens (tertiary/aromatic N) is 2. The fourth-order valence-corrected chi connectivity index (χ4v) is 5.58. The van der Waals surface area contributed by atoms with Gasteiger partial charge in [-0.3, -0.25) is 19.1 Å². The van der Waals surface area contributed by atoms with Crippen molar-refractivity contribution in [3.8, 4) is 0 Å². The highest BCUT2D eigenvalue weighted by atomic mass is 16.4. The molecule has 0 aliphatic heterocycles. The van der Waals surface area contributed by atoms with Crippen LogP contribution in [0.15, 0.2) is 6.20 Å². The van der Waals surface area contributed by atoms with Gasteiger partial charge in [0.15, 0.2) is 5.69 Å². The van der Waals surface area contributed by atoms with E-state index < -0.39 is 17.8 Å². The summed E-state index contributed by atoms with van der Waals surface area (Å²) in [6.45, 7) is 2.49. The van der Waals surface area contributed by atoms with Gasteiger partial charge in [0, 0.05) is 18.8 Å². The summed E-state index contributed by atoms with van der Waals surface area (Å²) < 4.78 is 1.63. The van der Waals surface area contributed by atoms with Gasteiger partial charge in [0.1, 0.15) is 0 Å². The Bertz CT molecular complexity index is 799. The van der Waals surface area contributed by atoms with Crippen LogP contribution in [0.2, 0.25) is 0 Å². The van der Waals surface area contributed by atoms with Crippen LogP contribution in [0.25, 0.3) is 0 Å². The lowest BCUT2D eigenvalue weighted by molar-refractivity contribution is -0.148. The summed E-state index contributed by atoms with van der Waals surface area (Å²) in [4.78, 5) is 37.6. The zero-order valence-corrected chi connectivity index (χ0v) is 16.9. The molecule has 1 aromatic heterocycles. The Labute approximate surface area is 170 Å². The molecule has 1 aromatic rings. The van der Waals surface area contributed by atoms with E-state index in [9.17, 15) is 19.5 Å². The molecule has 4 atom stereocenters. The van der Waals surface area contributed by atoms with E-state index in [2.05, 4.69) is 15.7 Å². The number of fused-ring (bicyclic) bond motifs is 2. The fourth-order valence-electron chi connectivity index (χ4n) is 5.58. The van der Waals surface area contributed by atoms with Gasteiger partial charge in [-0.25, -0.2) is 0 Å². The first kappa shape index (κ1) is 19.9. The summed E-state index contributed by atoms with van der Waals surface area (Å²) in [5, 5.41) is 19.9. The number of anilines is 1. The topological polar surface area (TPSA) is 113 Å². The minimum Gasteiger partial charge on any atom is -0.481 e. The first-order valence-corrected chi connectivity index (χ1v) is 10.9. The van der Waals surface area contributed by atoms with E-state index in [0.717, 1.165) is 44.9 Å². The van der Waals surface area contributed by atoms with Crippen LogP contribution in [0.4, 0.5) is 5.69 Å². The number of aryl methyl sites for hydroxylation is 1. The number of nitrogens with one attached hydrogen (secondary N) is 2. The molecule has 3 aliphatic rings. The van der Waals surface area contributed by atoms with Crippen LogP contribution in [-0.4, -0.2) is 38.7 Å². The Hall–Kier alpha value is -2.38. The molecule has 29 heavy (non-hydrogen) atoms. The van der Waals surface area contributed by atoms with E-state index in [1.807, 2.05) is 6.92 Å². The average molecular weight is 402 g/mol. The van der Waals surface area contributed by atoms with Gasteiger partial charge < -0.3 is 15.7 Å². The van der Waals surface area contributed by atoms with Crippen LogP contribution in [0, 0.1) is 23.7 Å². The number of carboxylic acids is 1. The third-order valence-corrected chi connectivity index (χ3v) is 7.00. The molecule has 8 nitrogen and oxygen atoms in total. The van der Waals surface area contributed by atoms with E-state index in [-0.39, 0.29) is 35.4 Å². The van der Waals surface area contributed by atoms with Crippen LogP contribution in [-0.2, 0) is 16.1 Å². The largest absolute Gasteiger partial charge is 0.481 e. The number of rotatable bonds is 6. The van der Waals surface area contributed by atoms with E-state index in [4.69, 9.17) is 0 Å². The zero-order valence-electron chi connectivity index (χ0n) is 16.9. The van der Waals surface area contributed by atoms with Crippen molar-refractivity contribution >= 4 is 23.5 Å². The molecule has 0 radical (unpaired) electrons. The molecular weight excluding hydrogens is 372 g/mol. The van der Waals surface area contributed by atoms with Crippen molar-refractivity contribution in [3.05, 3.63) is 11.9 Å². The smallest absolute Gasteiger partial charge is 0.307 e. The molecule has 1 heterocycles. The SMILES string of the molecule is CCn1cc(NC(=O)[C@@H]2[C@H]3CC[C@@H](C3)[C@@H]2C(=O)O)c(C(=O)NC2CCCCC2)n1. The van der Waals surface area contributed by atoms with E-state index in [1.54, 1.807) is 10.9 Å². The Kier molecular flexibility index (Phi) is 5.61. The summed E-state index contributed by atoms with van der Waals surface area (Å²) >= 11 is 0. The molecule has 3 fully saturated rings. The van der Waals surface area contributed by atoms with Crippen LogP contribution >= 0.6 is 0 Å². The van der Waals surface area contributed by atoms with E-state index in [0.29, 0.717) is 12.2 Å². The molecule has 4 rings (SSSR count). The summed E-state index contributed by atoms with van der Waals surface area (Å²) in [7, 11) is 0. The standard InChI is InChI=1S/C21H30N4O4/c1-2-25-11-15(18(24-25)20(27)22-14-6-4-3-5-7-14)23-19(26)16-12-8-9-13(10-12)17(16)21(28)29/h11-14,16-17H,2-10H2,1H3,(H,22,27)(H,23,26)(H,28,29)/t12-,13-,16+,17-/m0/s1. The Morgan fingerprint density at radius 2 is 1.79 bits per heavy atom. The van der Waals surface area contributed by atoms with Crippen molar-refractivity contribution in [1.82, 2.24) is 15.1 Å². The van der Waals surface area contributed by atoms with Gasteiger partial charge in [0.05, 0.1) is 17.5 Å². The molecule has 3 saturated carbocycles. The Morgan fingerprint density at radius 1 is 1.10 bits per heavy atom. The van der Waals surface area contributed by atoms with Gasteiger partial charge in [0.25, 0.3) is 5.91 Å². The molecule has 158 valence electrons. The van der Waals surface area contributed by atoms with Gasteiger partial charge in [-0.1, -0.05) is 19.3 Å². The molecule has 2 bridgehead atoms. The number of amides is 2. The normalized spacial score (nSPS) is 29.0. The van der Waals surface area contributed by atoms with Gasteiger partial charge in [-0.05, 0) is 50.9 Å². The third-order valence-electron chi connectivity index (χ3n) is 7.00. The van der Waals surface area contributed by atoms with Crippen LogP contribution < -0.4 is 10.6 Å². The van der Waals surface area contributed by atoms with E-state index >= 15 is 0 Å². The predicted molar refractivity (Wildman–Crippen MR) is 106 cm³/mol. The first-order chi connectivity index (χ1) is 14.0. The second-order valence-electron chi connectivity index (χ2n) is 8.77.